The summed E-state index contributed by atoms with van der Waals surface area (Å²) >= 11 is 0. The Kier molecular flexibility index (Phi) is 4.56. The fraction of sp³-hybridized carbons (Fsp3) is 0.583. The van der Waals surface area contributed by atoms with E-state index < -0.39 is 17.9 Å². The molecular formula is C24H27F3N4O3. The molecule has 4 fully saturated rings. The molecule has 7 nitrogen and oxygen atoms in total. The second-order valence-electron chi connectivity index (χ2n) is 10.4. The number of alkyl halides is 3. The molecule has 2 aliphatic heterocycles. The van der Waals surface area contributed by atoms with Gasteiger partial charge in [0.05, 0.1) is 24.0 Å². The SMILES string of the molecule is NC(=O)C1(C23CC(n4cc(N5CC[C@@H](COC(F)(F)F)C5)cn4)(C2)C3)CCc2ccccc2O1. The lowest BCUT2D eigenvalue weighted by atomic mass is 9.33. The number of hydrogen-bond acceptors (Lipinski definition) is 5. The average Bonchev–Trinajstić information content (AvgIpc) is 3.39. The van der Waals surface area contributed by atoms with Gasteiger partial charge in [-0.2, -0.15) is 5.10 Å². The first-order valence-corrected chi connectivity index (χ1v) is 11.7. The number of aromatic nitrogens is 2. The predicted molar refractivity (Wildman–Crippen MR) is 116 cm³/mol. The summed E-state index contributed by atoms with van der Waals surface area (Å²) in [6.45, 7) is 0.863. The maximum Gasteiger partial charge on any atom is 0.522 e. The molecule has 0 spiro atoms. The number of carbonyl (C=O) groups excluding carboxylic acids is 1. The molecular weight excluding hydrogens is 449 g/mol. The van der Waals surface area contributed by atoms with Crippen molar-refractivity contribution in [2.45, 2.75) is 56.0 Å². The van der Waals surface area contributed by atoms with E-state index in [0.717, 1.165) is 42.7 Å². The summed E-state index contributed by atoms with van der Waals surface area (Å²) in [7, 11) is 0. The molecule has 2 bridgehead atoms. The number of primary amides is 1. The van der Waals surface area contributed by atoms with Crippen LogP contribution in [0.4, 0.5) is 18.9 Å². The molecule has 3 aliphatic carbocycles. The molecule has 1 aromatic carbocycles. The van der Waals surface area contributed by atoms with E-state index in [2.05, 4.69) is 14.7 Å². The smallest absolute Gasteiger partial charge is 0.477 e. The molecule has 1 aromatic heterocycles. The van der Waals surface area contributed by atoms with Gasteiger partial charge in [0.2, 0.25) is 0 Å². The van der Waals surface area contributed by atoms with Crippen LogP contribution in [0.15, 0.2) is 36.7 Å². The van der Waals surface area contributed by atoms with E-state index in [0.29, 0.717) is 25.9 Å². The molecule has 1 amide bonds. The Labute approximate surface area is 195 Å². The summed E-state index contributed by atoms with van der Waals surface area (Å²) in [5.74, 6) is 0.177. The molecule has 2 aromatic rings. The third-order valence-corrected chi connectivity index (χ3v) is 8.45. The van der Waals surface area contributed by atoms with Crippen molar-refractivity contribution in [1.29, 1.82) is 0 Å². The zero-order valence-corrected chi connectivity index (χ0v) is 18.7. The fourth-order valence-electron chi connectivity index (χ4n) is 6.72. The molecule has 7 rings (SSSR count). The van der Waals surface area contributed by atoms with Crippen LogP contribution < -0.4 is 15.4 Å². The van der Waals surface area contributed by atoms with Crippen LogP contribution in [-0.4, -0.2) is 47.3 Å². The summed E-state index contributed by atoms with van der Waals surface area (Å²) in [4.78, 5) is 14.8. The Balaban J connectivity index is 1.13. The van der Waals surface area contributed by atoms with E-state index in [1.807, 2.05) is 35.1 Å². The molecule has 34 heavy (non-hydrogen) atoms. The largest absolute Gasteiger partial charge is 0.522 e. The van der Waals surface area contributed by atoms with Crippen LogP contribution in [0, 0.1) is 11.3 Å². The molecule has 2 atom stereocenters. The van der Waals surface area contributed by atoms with E-state index in [-0.39, 0.29) is 23.5 Å². The van der Waals surface area contributed by atoms with Crippen molar-refractivity contribution >= 4 is 11.6 Å². The monoisotopic (exact) mass is 476 g/mol. The average molecular weight is 476 g/mol. The highest BCUT2D eigenvalue weighted by molar-refractivity contribution is 5.86. The van der Waals surface area contributed by atoms with Gasteiger partial charge >= 0.3 is 6.36 Å². The first-order valence-electron chi connectivity index (χ1n) is 11.7. The van der Waals surface area contributed by atoms with Crippen LogP contribution in [0.3, 0.4) is 0 Å². The Morgan fingerprint density at radius 2 is 2.03 bits per heavy atom. The first-order chi connectivity index (χ1) is 16.1. The number of rotatable bonds is 6. The van der Waals surface area contributed by atoms with Gasteiger partial charge < -0.3 is 15.4 Å². The zero-order chi connectivity index (χ0) is 23.8. The predicted octanol–water partition coefficient (Wildman–Crippen LogP) is 3.37. The number of nitrogens with zero attached hydrogens (tertiary/aromatic N) is 3. The zero-order valence-electron chi connectivity index (χ0n) is 18.7. The van der Waals surface area contributed by atoms with Gasteiger partial charge in [0, 0.05) is 37.0 Å². The highest BCUT2D eigenvalue weighted by Crippen LogP contribution is 2.76. The van der Waals surface area contributed by atoms with Gasteiger partial charge in [0.25, 0.3) is 5.91 Å². The molecule has 0 radical (unpaired) electrons. The van der Waals surface area contributed by atoms with Crippen molar-refractivity contribution in [3.05, 3.63) is 42.2 Å². The number of halogens is 3. The Morgan fingerprint density at radius 1 is 1.26 bits per heavy atom. The number of ether oxygens (including phenoxy) is 2. The van der Waals surface area contributed by atoms with Gasteiger partial charge in [-0.05, 0) is 43.7 Å². The van der Waals surface area contributed by atoms with Crippen LogP contribution in [0.1, 0.15) is 37.7 Å². The number of hydrogen-bond donors (Lipinski definition) is 1. The van der Waals surface area contributed by atoms with Gasteiger partial charge in [0.15, 0.2) is 5.60 Å². The Morgan fingerprint density at radius 3 is 2.76 bits per heavy atom. The summed E-state index contributed by atoms with van der Waals surface area (Å²) in [6.07, 6.45) is 3.46. The number of carbonyl (C=O) groups is 1. The number of nitrogens with two attached hydrogens (primary N) is 1. The van der Waals surface area contributed by atoms with E-state index in [1.54, 1.807) is 6.20 Å². The maximum atomic E-state index is 12.7. The quantitative estimate of drug-likeness (QED) is 0.691. The summed E-state index contributed by atoms with van der Waals surface area (Å²) in [6, 6.07) is 7.79. The highest BCUT2D eigenvalue weighted by Gasteiger charge is 2.79. The van der Waals surface area contributed by atoms with Crippen LogP contribution in [-0.2, 0) is 21.5 Å². The van der Waals surface area contributed by atoms with Crippen molar-refractivity contribution in [3.8, 4) is 5.75 Å². The number of aryl methyl sites for hydroxylation is 1. The maximum absolute atomic E-state index is 12.7. The molecule has 1 saturated heterocycles. The van der Waals surface area contributed by atoms with Crippen molar-refractivity contribution in [2.24, 2.45) is 17.1 Å². The van der Waals surface area contributed by atoms with Gasteiger partial charge in [-0.25, -0.2) is 0 Å². The highest BCUT2D eigenvalue weighted by atomic mass is 19.4. The van der Waals surface area contributed by atoms with Crippen LogP contribution in [0.5, 0.6) is 5.75 Å². The van der Waals surface area contributed by atoms with Crippen LogP contribution >= 0.6 is 0 Å². The molecule has 1 unspecified atom stereocenters. The molecule has 3 heterocycles. The molecule has 2 N–H and O–H groups in total. The van der Waals surface area contributed by atoms with Crippen LogP contribution in [0.2, 0.25) is 0 Å². The van der Waals surface area contributed by atoms with Crippen molar-refractivity contribution in [2.75, 3.05) is 24.6 Å². The normalized spacial score (nSPS) is 34.1. The first kappa shape index (κ1) is 21.8. The summed E-state index contributed by atoms with van der Waals surface area (Å²) in [5, 5.41) is 4.59. The van der Waals surface area contributed by atoms with Gasteiger partial charge in [0.1, 0.15) is 5.75 Å². The van der Waals surface area contributed by atoms with Crippen LogP contribution in [0.25, 0.3) is 0 Å². The number of fused-ring (bicyclic) bond motifs is 1. The van der Waals surface area contributed by atoms with Gasteiger partial charge in [-0.1, -0.05) is 18.2 Å². The van der Waals surface area contributed by atoms with Crippen molar-refractivity contribution < 1.29 is 27.4 Å². The fourth-order valence-corrected chi connectivity index (χ4v) is 6.72. The second-order valence-corrected chi connectivity index (χ2v) is 10.4. The summed E-state index contributed by atoms with van der Waals surface area (Å²) in [5.41, 5.74) is 6.50. The van der Waals surface area contributed by atoms with E-state index in [4.69, 9.17) is 10.5 Å². The van der Waals surface area contributed by atoms with Gasteiger partial charge in [-0.15, -0.1) is 13.2 Å². The third-order valence-electron chi connectivity index (χ3n) is 8.45. The van der Waals surface area contributed by atoms with E-state index in [1.165, 1.54) is 0 Å². The lowest BCUT2D eigenvalue weighted by molar-refractivity contribution is -0.327. The number of benzene rings is 1. The van der Waals surface area contributed by atoms with Gasteiger partial charge in [-0.3, -0.25) is 14.2 Å². The third kappa shape index (κ3) is 3.14. The second kappa shape index (κ2) is 7.13. The number of amides is 1. The lowest BCUT2D eigenvalue weighted by Crippen LogP contribution is -2.80. The molecule has 5 aliphatic rings. The molecule has 3 saturated carbocycles. The minimum absolute atomic E-state index is 0.153. The number of anilines is 1. The minimum atomic E-state index is -4.59. The van der Waals surface area contributed by atoms with E-state index in [9.17, 15) is 18.0 Å². The van der Waals surface area contributed by atoms with Crippen molar-refractivity contribution in [1.82, 2.24) is 9.78 Å². The molecule has 182 valence electrons. The Bertz CT molecular complexity index is 1110. The minimum Gasteiger partial charge on any atom is -0.477 e. The summed E-state index contributed by atoms with van der Waals surface area (Å²) < 4.78 is 49.4. The lowest BCUT2D eigenvalue weighted by Gasteiger charge is -2.74. The molecule has 10 heteroatoms. The Hall–Kier alpha value is -2.75. The van der Waals surface area contributed by atoms with E-state index >= 15 is 0 Å². The van der Waals surface area contributed by atoms with Crippen molar-refractivity contribution in [3.63, 3.8) is 0 Å². The topological polar surface area (TPSA) is 82.6 Å². The standard InChI is InChI=1S/C24H27F3N4O3/c25-24(26,27)33-12-16-6-8-30(10-16)18-9-29-31(11-18)22-13-21(14-22,15-22)23(20(28)32)7-5-17-3-1-2-4-19(17)34-23/h1-4,9,11,16H,5-8,10,12-15H2,(H2,28,32)/t16-,21?,22?,23?/m1/s1. The number of para-hydroxylation sites is 1.